The normalized spacial score (nSPS) is 46.7. The molecule has 0 spiro atoms. The number of hydrogen-bond acceptors (Lipinski definition) is 3. The van der Waals surface area contributed by atoms with E-state index in [4.69, 9.17) is 10.8 Å². The monoisotopic (exact) mass is 380 g/mol. The summed E-state index contributed by atoms with van der Waals surface area (Å²) in [5.74, 6) is 6.86. The molecule has 150 valence electrons. The van der Waals surface area contributed by atoms with E-state index >= 15 is 0 Å². The minimum Gasteiger partial charge on any atom is -0.458 e. The second-order valence-electron chi connectivity index (χ2n) is 10.7. The predicted octanol–water partition coefficient (Wildman–Crippen LogP) is 4.80. The maximum Gasteiger partial charge on any atom is 0.194 e. The molecule has 0 aliphatic heterocycles. The fourth-order valence-corrected chi connectivity index (χ4v) is 8.00. The average Bonchev–Trinajstić information content (AvgIpc) is 3.18. The lowest BCUT2D eigenvalue weighted by Gasteiger charge is -2.60. The van der Waals surface area contributed by atoms with E-state index in [2.05, 4.69) is 19.8 Å². The van der Waals surface area contributed by atoms with E-state index in [0.29, 0.717) is 29.4 Å². The fraction of sp³-hybridized carbons (Fsp3) is 0.720. The van der Waals surface area contributed by atoms with Crippen LogP contribution in [0.3, 0.4) is 0 Å². The molecule has 3 saturated carbocycles. The van der Waals surface area contributed by atoms with Crippen molar-refractivity contribution in [1.82, 2.24) is 0 Å². The van der Waals surface area contributed by atoms with Gasteiger partial charge in [-0.2, -0.15) is 0 Å². The van der Waals surface area contributed by atoms with Crippen molar-refractivity contribution < 1.29 is 14.3 Å². The van der Waals surface area contributed by atoms with E-state index in [1.165, 1.54) is 18.4 Å². The highest BCUT2D eigenvalue weighted by molar-refractivity contribution is 5.91. The molecule has 1 aromatic rings. The van der Waals surface area contributed by atoms with Crippen molar-refractivity contribution in [3.8, 4) is 12.3 Å². The van der Waals surface area contributed by atoms with Crippen molar-refractivity contribution in [2.24, 2.45) is 34.5 Å². The van der Waals surface area contributed by atoms with Gasteiger partial charge in [-0.15, -0.1) is 6.42 Å². The molecule has 5 rings (SSSR count). The summed E-state index contributed by atoms with van der Waals surface area (Å²) >= 11 is 0. The number of ketones is 1. The Hall–Kier alpha value is -1.53. The molecule has 4 aliphatic rings. The topological polar surface area (TPSA) is 50.4 Å². The lowest BCUT2D eigenvalue weighted by molar-refractivity contribution is -0.128. The largest absolute Gasteiger partial charge is 0.458 e. The number of carbonyl (C=O) groups is 1. The minimum absolute atomic E-state index is 0.0216. The van der Waals surface area contributed by atoms with Crippen LogP contribution in [0.4, 0.5) is 0 Å². The molecule has 3 heteroatoms. The van der Waals surface area contributed by atoms with E-state index in [-0.39, 0.29) is 16.6 Å². The second kappa shape index (κ2) is 5.76. The zero-order chi connectivity index (χ0) is 19.9. The molecule has 1 aromatic heterocycles. The SMILES string of the molecule is C#C[C@]1(O)CC[C@H]2[C@@H]3CC[C@H]4Cc5oc(C(C)=O)cc5C[C@]4(C)[C@H]3CC[C@@]21C. The van der Waals surface area contributed by atoms with Crippen LogP contribution >= 0.6 is 0 Å². The van der Waals surface area contributed by atoms with Gasteiger partial charge in [-0.25, -0.2) is 0 Å². The van der Waals surface area contributed by atoms with Crippen LogP contribution in [0.15, 0.2) is 10.5 Å². The highest BCUT2D eigenvalue weighted by Crippen LogP contribution is 2.67. The van der Waals surface area contributed by atoms with Gasteiger partial charge in [0.25, 0.3) is 0 Å². The Bertz CT molecular complexity index is 875. The second-order valence-corrected chi connectivity index (χ2v) is 10.7. The number of furan rings is 1. The summed E-state index contributed by atoms with van der Waals surface area (Å²) in [6.45, 7) is 6.33. The van der Waals surface area contributed by atoms with Crippen LogP contribution in [0, 0.1) is 46.8 Å². The lowest BCUT2D eigenvalue weighted by atomic mass is 9.44. The average molecular weight is 381 g/mol. The first-order valence-electron chi connectivity index (χ1n) is 11.0. The zero-order valence-electron chi connectivity index (χ0n) is 17.4. The van der Waals surface area contributed by atoms with Crippen molar-refractivity contribution in [2.75, 3.05) is 0 Å². The van der Waals surface area contributed by atoms with E-state index in [0.717, 1.165) is 44.3 Å². The van der Waals surface area contributed by atoms with Gasteiger partial charge in [0, 0.05) is 18.8 Å². The predicted molar refractivity (Wildman–Crippen MR) is 108 cm³/mol. The molecule has 0 bridgehead atoms. The van der Waals surface area contributed by atoms with Gasteiger partial charge in [-0.3, -0.25) is 4.79 Å². The molecule has 7 atom stereocenters. The van der Waals surface area contributed by atoms with Crippen LogP contribution in [-0.2, 0) is 12.8 Å². The van der Waals surface area contributed by atoms with Gasteiger partial charge in [0.1, 0.15) is 11.4 Å². The molecule has 28 heavy (non-hydrogen) atoms. The molecular formula is C25H32O3. The lowest BCUT2D eigenvalue weighted by Crippen LogP contribution is -2.56. The van der Waals surface area contributed by atoms with Crippen molar-refractivity contribution in [1.29, 1.82) is 0 Å². The number of Topliss-reactive ketones (excluding diaryl/α,β-unsaturated/α-hetero) is 1. The van der Waals surface area contributed by atoms with E-state index in [9.17, 15) is 9.90 Å². The molecule has 3 fully saturated rings. The van der Waals surface area contributed by atoms with E-state index in [1.54, 1.807) is 6.92 Å². The summed E-state index contributed by atoms with van der Waals surface area (Å²) < 4.78 is 5.92. The highest BCUT2D eigenvalue weighted by Gasteiger charge is 2.64. The van der Waals surface area contributed by atoms with Gasteiger partial charge in [0.05, 0.1) is 0 Å². The molecule has 0 aromatic carbocycles. The Kier molecular flexibility index (Phi) is 3.80. The fourth-order valence-electron chi connectivity index (χ4n) is 8.00. The highest BCUT2D eigenvalue weighted by atomic mass is 16.3. The van der Waals surface area contributed by atoms with Crippen LogP contribution in [-0.4, -0.2) is 16.5 Å². The molecule has 1 N–H and O–H groups in total. The molecule has 4 aliphatic carbocycles. The molecular weight excluding hydrogens is 348 g/mol. The van der Waals surface area contributed by atoms with Crippen LogP contribution in [0.25, 0.3) is 0 Å². The number of aliphatic hydroxyl groups is 1. The Labute approximate surface area is 168 Å². The third-order valence-electron chi connectivity index (χ3n) is 9.70. The Morgan fingerprint density at radius 3 is 2.68 bits per heavy atom. The number of fused-ring (bicyclic) bond motifs is 6. The third kappa shape index (κ3) is 2.19. The number of hydrogen-bond donors (Lipinski definition) is 1. The summed E-state index contributed by atoms with van der Waals surface area (Å²) in [5.41, 5.74) is 0.445. The van der Waals surface area contributed by atoms with Gasteiger partial charge in [-0.1, -0.05) is 19.8 Å². The van der Waals surface area contributed by atoms with Gasteiger partial charge < -0.3 is 9.52 Å². The summed E-state index contributed by atoms with van der Waals surface area (Å²) in [5, 5.41) is 11.1. The van der Waals surface area contributed by atoms with Crippen LogP contribution in [0.5, 0.6) is 0 Å². The molecule has 0 radical (unpaired) electrons. The summed E-state index contributed by atoms with van der Waals surface area (Å²) in [4.78, 5) is 11.8. The zero-order valence-corrected chi connectivity index (χ0v) is 17.4. The van der Waals surface area contributed by atoms with Crippen molar-refractivity contribution in [3.05, 3.63) is 23.2 Å². The van der Waals surface area contributed by atoms with E-state index < -0.39 is 5.60 Å². The summed E-state index contributed by atoms with van der Waals surface area (Å²) in [7, 11) is 0. The first kappa shape index (κ1) is 18.5. The van der Waals surface area contributed by atoms with Gasteiger partial charge >= 0.3 is 0 Å². The third-order valence-corrected chi connectivity index (χ3v) is 9.70. The molecule has 0 amide bonds. The van der Waals surface area contributed by atoms with E-state index in [1.807, 2.05) is 6.07 Å². The maximum atomic E-state index is 11.8. The van der Waals surface area contributed by atoms with Crippen LogP contribution in [0.2, 0.25) is 0 Å². The van der Waals surface area contributed by atoms with Gasteiger partial charge in [-0.05, 0) is 85.7 Å². The minimum atomic E-state index is -0.929. The van der Waals surface area contributed by atoms with Crippen LogP contribution < -0.4 is 0 Å². The smallest absolute Gasteiger partial charge is 0.194 e. The molecule has 3 nitrogen and oxygen atoms in total. The Morgan fingerprint density at radius 1 is 1.21 bits per heavy atom. The number of carbonyl (C=O) groups excluding carboxylic acids is 1. The van der Waals surface area contributed by atoms with Gasteiger partial charge in [0.2, 0.25) is 0 Å². The molecule has 1 heterocycles. The van der Waals surface area contributed by atoms with Crippen LogP contribution in [0.1, 0.15) is 81.2 Å². The quantitative estimate of drug-likeness (QED) is 0.562. The van der Waals surface area contributed by atoms with Gasteiger partial charge in [0.15, 0.2) is 11.5 Å². The molecule has 0 unspecified atom stereocenters. The van der Waals surface area contributed by atoms with Crippen molar-refractivity contribution >= 4 is 5.78 Å². The number of terminal acetylenes is 1. The standard InChI is InChI=1S/C25H32O3/c1-5-25(27)11-9-20-18-7-6-17-13-22-16(12-21(28-22)15(2)26)14-23(17,3)19(18)8-10-24(20,25)4/h1,12,17-20,27H,6-11,13-14H2,2-4H3/t17-,18+,19-,20-,23-,24-,25-/m0/s1. The number of rotatable bonds is 1. The summed E-state index contributed by atoms with van der Waals surface area (Å²) in [6, 6.07) is 2.00. The van der Waals surface area contributed by atoms with Crippen molar-refractivity contribution in [3.63, 3.8) is 0 Å². The first-order chi connectivity index (χ1) is 13.2. The first-order valence-corrected chi connectivity index (χ1v) is 11.0. The van der Waals surface area contributed by atoms with Crippen molar-refractivity contribution in [2.45, 2.75) is 77.7 Å². The Balaban J connectivity index is 1.48. The maximum absolute atomic E-state index is 11.8. The Morgan fingerprint density at radius 2 is 1.96 bits per heavy atom. The summed E-state index contributed by atoms with van der Waals surface area (Å²) in [6.07, 6.45) is 14.2. The molecule has 0 saturated heterocycles.